The molecule has 0 aromatic heterocycles. The summed E-state index contributed by atoms with van der Waals surface area (Å²) in [6.45, 7) is 0. The molecule has 1 fully saturated rings. The first kappa shape index (κ1) is 12.2. The number of carbonyl (C=O) groups is 2. The van der Waals surface area contributed by atoms with Crippen molar-refractivity contribution in [2.24, 2.45) is 5.92 Å². The highest BCUT2D eigenvalue weighted by atomic mass is 16.4. The van der Waals surface area contributed by atoms with Crippen LogP contribution in [-0.2, 0) is 9.59 Å². The maximum absolute atomic E-state index is 11.5. The first-order valence-electron chi connectivity index (χ1n) is 5.94. The minimum atomic E-state index is -0.722. The zero-order valence-electron chi connectivity index (χ0n) is 9.21. The van der Waals surface area contributed by atoms with Crippen molar-refractivity contribution >= 4 is 11.8 Å². The van der Waals surface area contributed by atoms with Crippen molar-refractivity contribution in [3.8, 4) is 0 Å². The molecule has 0 heterocycles. The van der Waals surface area contributed by atoms with E-state index < -0.39 is 5.97 Å². The molecule has 1 aliphatic carbocycles. The predicted octanol–water partition coefficient (Wildman–Crippen LogP) is 2.78. The van der Waals surface area contributed by atoms with Crippen LogP contribution in [0.5, 0.6) is 0 Å². The van der Waals surface area contributed by atoms with Gasteiger partial charge in [0.15, 0.2) is 0 Å². The molecular formula is C12H20O3. The van der Waals surface area contributed by atoms with Gasteiger partial charge in [-0.1, -0.05) is 19.3 Å². The summed E-state index contributed by atoms with van der Waals surface area (Å²) in [6.07, 6.45) is 7.98. The van der Waals surface area contributed by atoms with Crippen molar-refractivity contribution < 1.29 is 14.7 Å². The van der Waals surface area contributed by atoms with Crippen LogP contribution in [0.4, 0.5) is 0 Å². The van der Waals surface area contributed by atoms with Gasteiger partial charge in [0.1, 0.15) is 5.78 Å². The molecule has 0 unspecified atom stereocenters. The third-order valence-electron chi connectivity index (χ3n) is 3.12. The lowest BCUT2D eigenvalue weighted by molar-refractivity contribution is -0.137. The molecule has 0 bridgehead atoms. The van der Waals surface area contributed by atoms with Gasteiger partial charge in [-0.25, -0.2) is 0 Å². The summed E-state index contributed by atoms with van der Waals surface area (Å²) in [5.74, 6) is 0.0732. The quantitative estimate of drug-likeness (QED) is 0.629. The van der Waals surface area contributed by atoms with E-state index in [0.717, 1.165) is 38.5 Å². The van der Waals surface area contributed by atoms with Crippen molar-refractivity contribution in [2.75, 3.05) is 0 Å². The number of rotatable bonds is 8. The molecule has 3 heteroatoms. The van der Waals surface area contributed by atoms with Crippen molar-refractivity contribution in [3.05, 3.63) is 0 Å². The molecule has 15 heavy (non-hydrogen) atoms. The molecule has 86 valence electrons. The highest BCUT2D eigenvalue weighted by Gasteiger charge is 2.23. The molecule has 1 N–H and O–H groups in total. The van der Waals surface area contributed by atoms with Gasteiger partial charge in [0.25, 0.3) is 0 Å². The topological polar surface area (TPSA) is 54.4 Å². The van der Waals surface area contributed by atoms with E-state index in [2.05, 4.69) is 0 Å². The summed E-state index contributed by atoms with van der Waals surface area (Å²) < 4.78 is 0. The van der Waals surface area contributed by atoms with Gasteiger partial charge in [-0.2, -0.15) is 0 Å². The van der Waals surface area contributed by atoms with Crippen LogP contribution < -0.4 is 0 Å². The molecule has 0 saturated heterocycles. The summed E-state index contributed by atoms with van der Waals surface area (Å²) in [7, 11) is 0. The minimum Gasteiger partial charge on any atom is -0.481 e. The van der Waals surface area contributed by atoms with E-state index in [1.54, 1.807) is 0 Å². The van der Waals surface area contributed by atoms with E-state index in [1.807, 2.05) is 0 Å². The molecule has 0 radical (unpaired) electrons. The predicted molar refractivity (Wildman–Crippen MR) is 57.7 cm³/mol. The molecule has 1 saturated carbocycles. The van der Waals surface area contributed by atoms with Gasteiger partial charge >= 0.3 is 5.97 Å². The van der Waals surface area contributed by atoms with E-state index >= 15 is 0 Å². The molecule has 0 aromatic rings. The molecule has 0 aliphatic heterocycles. The summed E-state index contributed by atoms with van der Waals surface area (Å²) in [5.41, 5.74) is 0. The number of carboxylic acids is 1. The summed E-state index contributed by atoms with van der Waals surface area (Å²) in [6, 6.07) is 0. The van der Waals surface area contributed by atoms with E-state index in [-0.39, 0.29) is 6.42 Å². The van der Waals surface area contributed by atoms with Crippen LogP contribution in [-0.4, -0.2) is 16.9 Å². The Morgan fingerprint density at radius 2 is 1.60 bits per heavy atom. The van der Waals surface area contributed by atoms with Crippen molar-refractivity contribution in [1.82, 2.24) is 0 Å². The number of hydrogen-bond acceptors (Lipinski definition) is 2. The molecule has 0 aromatic carbocycles. The Morgan fingerprint density at radius 1 is 1.00 bits per heavy atom. The third kappa shape index (κ3) is 4.96. The highest BCUT2D eigenvalue weighted by molar-refractivity contribution is 5.81. The van der Waals surface area contributed by atoms with E-state index in [4.69, 9.17) is 5.11 Å². The monoisotopic (exact) mass is 212 g/mol. The van der Waals surface area contributed by atoms with E-state index in [9.17, 15) is 9.59 Å². The van der Waals surface area contributed by atoms with Crippen LogP contribution in [0.25, 0.3) is 0 Å². The van der Waals surface area contributed by atoms with Crippen LogP contribution in [0.2, 0.25) is 0 Å². The average molecular weight is 212 g/mol. The van der Waals surface area contributed by atoms with Gasteiger partial charge in [-0.15, -0.1) is 0 Å². The minimum absolute atomic E-state index is 0.260. The highest BCUT2D eigenvalue weighted by Crippen LogP contribution is 2.28. The normalized spacial score (nSPS) is 16.0. The second kappa shape index (κ2) is 6.59. The van der Waals surface area contributed by atoms with E-state index in [1.165, 1.54) is 6.42 Å². The number of hydrogen-bond donors (Lipinski definition) is 1. The molecule has 1 aliphatic rings. The molecular weight excluding hydrogens is 192 g/mol. The van der Waals surface area contributed by atoms with Crippen molar-refractivity contribution in [3.63, 3.8) is 0 Å². The Bertz CT molecular complexity index is 219. The Hall–Kier alpha value is -0.860. The SMILES string of the molecule is O=C(O)CCCCCCC(=O)C1CCC1. The summed E-state index contributed by atoms with van der Waals surface area (Å²) >= 11 is 0. The van der Waals surface area contributed by atoms with Gasteiger partial charge in [-0.05, 0) is 25.7 Å². The molecule has 0 atom stereocenters. The molecule has 1 rings (SSSR count). The van der Waals surface area contributed by atoms with Crippen LogP contribution >= 0.6 is 0 Å². The average Bonchev–Trinajstić information content (AvgIpc) is 2.07. The number of carboxylic acid groups (broad SMARTS) is 1. The Morgan fingerprint density at radius 3 is 2.07 bits per heavy atom. The smallest absolute Gasteiger partial charge is 0.303 e. The maximum atomic E-state index is 11.5. The number of ketones is 1. The first-order chi connectivity index (χ1) is 7.20. The van der Waals surface area contributed by atoms with Crippen LogP contribution in [0, 0.1) is 5.92 Å². The lowest BCUT2D eigenvalue weighted by Gasteiger charge is -2.23. The fourth-order valence-electron chi connectivity index (χ4n) is 1.86. The Labute approximate surface area is 90.9 Å². The lowest BCUT2D eigenvalue weighted by Crippen LogP contribution is -2.21. The number of aliphatic carboxylic acids is 1. The van der Waals surface area contributed by atoms with Crippen molar-refractivity contribution in [2.45, 2.75) is 57.8 Å². The maximum Gasteiger partial charge on any atom is 0.303 e. The van der Waals surface area contributed by atoms with Crippen LogP contribution in [0.1, 0.15) is 57.8 Å². The van der Waals surface area contributed by atoms with E-state index in [0.29, 0.717) is 18.1 Å². The van der Waals surface area contributed by atoms with Gasteiger partial charge in [0.05, 0.1) is 0 Å². The zero-order valence-corrected chi connectivity index (χ0v) is 9.21. The molecule has 0 spiro atoms. The zero-order chi connectivity index (χ0) is 11.1. The molecule has 0 amide bonds. The van der Waals surface area contributed by atoms with Gasteiger partial charge in [-0.3, -0.25) is 9.59 Å². The van der Waals surface area contributed by atoms with Gasteiger partial charge in [0.2, 0.25) is 0 Å². The van der Waals surface area contributed by atoms with Crippen molar-refractivity contribution in [1.29, 1.82) is 0 Å². The van der Waals surface area contributed by atoms with Gasteiger partial charge < -0.3 is 5.11 Å². The Kier molecular flexibility index (Phi) is 5.37. The fourth-order valence-corrected chi connectivity index (χ4v) is 1.86. The first-order valence-corrected chi connectivity index (χ1v) is 5.94. The summed E-state index contributed by atoms with van der Waals surface area (Å²) in [4.78, 5) is 21.7. The van der Waals surface area contributed by atoms with Crippen LogP contribution in [0.15, 0.2) is 0 Å². The number of Topliss-reactive ketones (excluding diaryl/α,β-unsaturated/α-hetero) is 1. The fraction of sp³-hybridized carbons (Fsp3) is 0.833. The Balaban J connectivity index is 1.88. The second-order valence-electron chi connectivity index (χ2n) is 4.40. The number of unbranched alkanes of at least 4 members (excludes halogenated alkanes) is 3. The lowest BCUT2D eigenvalue weighted by atomic mass is 9.80. The molecule has 3 nitrogen and oxygen atoms in total. The second-order valence-corrected chi connectivity index (χ2v) is 4.40. The standard InChI is InChI=1S/C12H20O3/c13-11(10-6-5-7-10)8-3-1-2-4-9-12(14)15/h10H,1-9H2,(H,14,15). The summed E-state index contributed by atoms with van der Waals surface area (Å²) in [5, 5.41) is 8.42. The van der Waals surface area contributed by atoms with Crippen LogP contribution in [0.3, 0.4) is 0 Å². The number of carbonyl (C=O) groups excluding carboxylic acids is 1. The third-order valence-corrected chi connectivity index (χ3v) is 3.12. The largest absolute Gasteiger partial charge is 0.481 e. The van der Waals surface area contributed by atoms with Gasteiger partial charge in [0, 0.05) is 18.8 Å².